The van der Waals surface area contributed by atoms with Crippen molar-refractivity contribution in [2.45, 2.75) is 51.3 Å². The van der Waals surface area contributed by atoms with Crippen LogP contribution < -0.4 is 5.73 Å². The molecular formula is C14H22N4O. The quantitative estimate of drug-likeness (QED) is 0.875. The van der Waals surface area contributed by atoms with Crippen LogP contribution in [0.1, 0.15) is 37.2 Å². The van der Waals surface area contributed by atoms with Gasteiger partial charge in [0.25, 0.3) is 0 Å². The molecule has 1 saturated carbocycles. The van der Waals surface area contributed by atoms with Gasteiger partial charge in [-0.2, -0.15) is 0 Å². The fourth-order valence-corrected chi connectivity index (χ4v) is 3.28. The third-order valence-corrected chi connectivity index (χ3v) is 4.11. The van der Waals surface area contributed by atoms with Crippen LogP contribution in [0.3, 0.4) is 0 Å². The predicted octanol–water partition coefficient (Wildman–Crippen LogP) is 1.51. The second-order valence-corrected chi connectivity index (χ2v) is 5.58. The van der Waals surface area contributed by atoms with Gasteiger partial charge in [0.05, 0.1) is 19.3 Å². The van der Waals surface area contributed by atoms with E-state index in [9.17, 15) is 0 Å². The van der Waals surface area contributed by atoms with E-state index in [2.05, 4.69) is 14.9 Å². The van der Waals surface area contributed by atoms with Gasteiger partial charge in [0, 0.05) is 24.3 Å². The van der Waals surface area contributed by atoms with Gasteiger partial charge >= 0.3 is 0 Å². The summed E-state index contributed by atoms with van der Waals surface area (Å²) in [7, 11) is 0. The van der Waals surface area contributed by atoms with Crippen molar-refractivity contribution in [3.05, 3.63) is 17.6 Å². The zero-order chi connectivity index (χ0) is 13.2. The summed E-state index contributed by atoms with van der Waals surface area (Å²) in [6.45, 7) is 4.54. The first-order valence-corrected chi connectivity index (χ1v) is 7.18. The standard InChI is InChI=1S/C14H22N4O/c1-10-8-13(15)17-14(16-10)9-18-6-7-19-12-5-3-2-4-11(12)18/h8,11-12H,2-7,9H2,1H3,(H2,15,16,17). The van der Waals surface area contributed by atoms with E-state index in [-0.39, 0.29) is 0 Å². The Morgan fingerprint density at radius 2 is 2.21 bits per heavy atom. The fraction of sp³-hybridized carbons (Fsp3) is 0.714. The zero-order valence-corrected chi connectivity index (χ0v) is 11.5. The number of aromatic nitrogens is 2. The number of aryl methyl sites for hydroxylation is 1. The number of nitrogens with zero attached hydrogens (tertiary/aromatic N) is 3. The molecule has 19 heavy (non-hydrogen) atoms. The number of anilines is 1. The smallest absolute Gasteiger partial charge is 0.144 e. The Bertz CT molecular complexity index is 429. The molecule has 1 aromatic heterocycles. The molecule has 0 spiro atoms. The molecule has 0 radical (unpaired) electrons. The second-order valence-electron chi connectivity index (χ2n) is 5.58. The molecule has 3 rings (SSSR count). The van der Waals surface area contributed by atoms with Crippen molar-refractivity contribution >= 4 is 5.82 Å². The molecule has 2 aliphatic rings. The summed E-state index contributed by atoms with van der Waals surface area (Å²) in [5.74, 6) is 1.40. The van der Waals surface area contributed by atoms with Gasteiger partial charge in [-0.1, -0.05) is 12.8 Å². The van der Waals surface area contributed by atoms with Crippen molar-refractivity contribution in [3.63, 3.8) is 0 Å². The van der Waals surface area contributed by atoms with Crippen LogP contribution in [-0.2, 0) is 11.3 Å². The highest BCUT2D eigenvalue weighted by atomic mass is 16.5. The Hall–Kier alpha value is -1.20. The average Bonchev–Trinajstić information content (AvgIpc) is 2.38. The van der Waals surface area contributed by atoms with Crippen LogP contribution in [0, 0.1) is 6.92 Å². The van der Waals surface area contributed by atoms with E-state index < -0.39 is 0 Å². The van der Waals surface area contributed by atoms with Crippen molar-refractivity contribution in [1.82, 2.24) is 14.9 Å². The van der Waals surface area contributed by atoms with E-state index in [1.807, 2.05) is 13.0 Å². The van der Waals surface area contributed by atoms with Gasteiger partial charge in [-0.15, -0.1) is 0 Å². The van der Waals surface area contributed by atoms with E-state index in [4.69, 9.17) is 10.5 Å². The highest BCUT2D eigenvalue weighted by molar-refractivity contribution is 5.29. The summed E-state index contributed by atoms with van der Waals surface area (Å²) in [4.78, 5) is 11.3. The number of nitrogens with two attached hydrogens (primary N) is 1. The maximum Gasteiger partial charge on any atom is 0.144 e. The molecule has 2 fully saturated rings. The molecule has 2 heterocycles. The number of morpholine rings is 1. The topological polar surface area (TPSA) is 64.3 Å². The van der Waals surface area contributed by atoms with E-state index in [1.54, 1.807) is 0 Å². The van der Waals surface area contributed by atoms with Crippen molar-refractivity contribution in [3.8, 4) is 0 Å². The van der Waals surface area contributed by atoms with Gasteiger partial charge in [-0.05, 0) is 19.8 Å². The number of rotatable bonds is 2. The monoisotopic (exact) mass is 262 g/mol. The van der Waals surface area contributed by atoms with Crippen LogP contribution >= 0.6 is 0 Å². The number of hydrogen-bond donors (Lipinski definition) is 1. The second kappa shape index (κ2) is 5.43. The van der Waals surface area contributed by atoms with E-state index in [0.29, 0.717) is 18.0 Å². The lowest BCUT2D eigenvalue weighted by atomic mass is 9.90. The first-order valence-electron chi connectivity index (χ1n) is 7.18. The molecule has 5 heteroatoms. The van der Waals surface area contributed by atoms with E-state index in [1.165, 1.54) is 25.7 Å². The van der Waals surface area contributed by atoms with Crippen LogP contribution in [0.15, 0.2) is 6.07 Å². The molecule has 2 atom stereocenters. The molecule has 2 unspecified atom stereocenters. The fourth-order valence-electron chi connectivity index (χ4n) is 3.28. The summed E-state index contributed by atoms with van der Waals surface area (Å²) >= 11 is 0. The zero-order valence-electron chi connectivity index (χ0n) is 11.5. The van der Waals surface area contributed by atoms with Gasteiger partial charge in [-0.25, -0.2) is 9.97 Å². The van der Waals surface area contributed by atoms with Crippen molar-refractivity contribution in [2.75, 3.05) is 18.9 Å². The minimum Gasteiger partial charge on any atom is -0.384 e. The third kappa shape index (κ3) is 2.87. The summed E-state index contributed by atoms with van der Waals surface area (Å²) in [5.41, 5.74) is 6.74. The van der Waals surface area contributed by atoms with Crippen LogP contribution in [0.25, 0.3) is 0 Å². The van der Waals surface area contributed by atoms with Crippen LogP contribution in [0.5, 0.6) is 0 Å². The highest BCUT2D eigenvalue weighted by Crippen LogP contribution is 2.29. The molecule has 1 aromatic rings. The molecule has 1 aliphatic carbocycles. The van der Waals surface area contributed by atoms with Gasteiger partial charge in [-0.3, -0.25) is 4.90 Å². The minimum atomic E-state index is 0.407. The lowest BCUT2D eigenvalue weighted by Crippen LogP contribution is -2.52. The molecule has 104 valence electrons. The Labute approximate surface area is 114 Å². The van der Waals surface area contributed by atoms with Gasteiger partial charge < -0.3 is 10.5 Å². The van der Waals surface area contributed by atoms with Crippen molar-refractivity contribution < 1.29 is 4.74 Å². The molecule has 0 amide bonds. The van der Waals surface area contributed by atoms with Crippen LogP contribution in [0.2, 0.25) is 0 Å². The summed E-state index contributed by atoms with van der Waals surface area (Å²) in [6, 6.07) is 2.35. The van der Waals surface area contributed by atoms with Gasteiger partial charge in [0.15, 0.2) is 0 Å². The number of hydrogen-bond acceptors (Lipinski definition) is 5. The Balaban J connectivity index is 1.74. The van der Waals surface area contributed by atoms with E-state index in [0.717, 1.165) is 31.2 Å². The Kier molecular flexibility index (Phi) is 3.66. The third-order valence-electron chi connectivity index (χ3n) is 4.11. The molecule has 0 bridgehead atoms. The highest BCUT2D eigenvalue weighted by Gasteiger charge is 2.34. The van der Waals surface area contributed by atoms with Gasteiger partial charge in [0.1, 0.15) is 11.6 Å². The molecule has 5 nitrogen and oxygen atoms in total. The van der Waals surface area contributed by atoms with Gasteiger partial charge in [0.2, 0.25) is 0 Å². The Morgan fingerprint density at radius 3 is 3.05 bits per heavy atom. The van der Waals surface area contributed by atoms with Crippen molar-refractivity contribution in [2.24, 2.45) is 0 Å². The molecule has 1 aliphatic heterocycles. The maximum atomic E-state index is 5.89. The molecule has 2 N–H and O–H groups in total. The minimum absolute atomic E-state index is 0.407. The first kappa shape index (κ1) is 12.8. The molecular weight excluding hydrogens is 240 g/mol. The van der Waals surface area contributed by atoms with Crippen LogP contribution in [0.4, 0.5) is 5.82 Å². The Morgan fingerprint density at radius 1 is 1.37 bits per heavy atom. The number of nitrogen functional groups attached to an aromatic ring is 1. The SMILES string of the molecule is Cc1cc(N)nc(CN2CCOC3CCCCC32)n1. The molecule has 1 saturated heterocycles. The first-order chi connectivity index (χ1) is 9.22. The van der Waals surface area contributed by atoms with Crippen molar-refractivity contribution in [1.29, 1.82) is 0 Å². The van der Waals surface area contributed by atoms with Crippen LogP contribution in [-0.4, -0.2) is 40.2 Å². The molecule has 0 aromatic carbocycles. The summed E-state index contributed by atoms with van der Waals surface area (Å²) in [5, 5.41) is 0. The summed E-state index contributed by atoms with van der Waals surface area (Å²) in [6.07, 6.45) is 5.43. The lowest BCUT2D eigenvalue weighted by molar-refractivity contribution is -0.0918. The average molecular weight is 262 g/mol. The summed E-state index contributed by atoms with van der Waals surface area (Å²) < 4.78 is 5.89. The predicted molar refractivity (Wildman–Crippen MR) is 73.6 cm³/mol. The maximum absolute atomic E-state index is 5.89. The normalized spacial score (nSPS) is 28.1. The lowest BCUT2D eigenvalue weighted by Gasteiger charge is -2.43. The largest absolute Gasteiger partial charge is 0.384 e. The van der Waals surface area contributed by atoms with E-state index >= 15 is 0 Å². The number of ether oxygens (including phenoxy) is 1. The number of fused-ring (bicyclic) bond motifs is 1.